The first-order chi connectivity index (χ1) is 10.6. The summed E-state index contributed by atoms with van der Waals surface area (Å²) in [7, 11) is 0. The second-order valence-electron chi connectivity index (χ2n) is 4.12. The molecule has 0 radical (unpaired) electrons. The Labute approximate surface area is 140 Å². The van der Waals surface area contributed by atoms with E-state index in [9.17, 15) is 9.59 Å². The molecular weight excluding hydrogens is 345 g/mol. The van der Waals surface area contributed by atoms with E-state index in [1.165, 1.54) is 35.8 Å². The highest BCUT2D eigenvalue weighted by Gasteiger charge is 2.09. The fourth-order valence-corrected chi connectivity index (χ4v) is 2.36. The standard InChI is InChI=1S/C14H11Cl2N3O2S/c15-11-4-3-9(6-12(11)16)14(21)17-8-13(20)19-18-7-10-2-1-5-22-10/h1-7H,8H2,(H,17,21)(H,19,20)/b18-7+. The minimum absolute atomic E-state index is 0.194. The maximum Gasteiger partial charge on any atom is 0.259 e. The van der Waals surface area contributed by atoms with Gasteiger partial charge in [0.2, 0.25) is 0 Å². The molecule has 5 nitrogen and oxygen atoms in total. The van der Waals surface area contributed by atoms with Crippen LogP contribution < -0.4 is 10.7 Å². The van der Waals surface area contributed by atoms with Crippen molar-refractivity contribution in [2.24, 2.45) is 5.10 Å². The number of nitrogens with one attached hydrogen (secondary N) is 2. The van der Waals surface area contributed by atoms with Gasteiger partial charge >= 0.3 is 0 Å². The van der Waals surface area contributed by atoms with Crippen LogP contribution in [0.25, 0.3) is 0 Å². The molecule has 0 atom stereocenters. The monoisotopic (exact) mass is 355 g/mol. The first-order valence-electron chi connectivity index (χ1n) is 6.15. The average molecular weight is 356 g/mol. The number of amides is 2. The van der Waals surface area contributed by atoms with Crippen LogP contribution in [0.15, 0.2) is 40.8 Å². The summed E-state index contributed by atoms with van der Waals surface area (Å²) in [6, 6.07) is 8.23. The Bertz CT molecular complexity index is 702. The van der Waals surface area contributed by atoms with Gasteiger partial charge in [-0.15, -0.1) is 11.3 Å². The van der Waals surface area contributed by atoms with E-state index in [0.717, 1.165) is 4.88 Å². The molecule has 2 amide bonds. The van der Waals surface area contributed by atoms with E-state index in [4.69, 9.17) is 23.2 Å². The van der Waals surface area contributed by atoms with Crippen LogP contribution in [0.3, 0.4) is 0 Å². The molecule has 0 saturated heterocycles. The average Bonchev–Trinajstić information content (AvgIpc) is 3.01. The number of hydrogen-bond acceptors (Lipinski definition) is 4. The molecule has 2 N–H and O–H groups in total. The SMILES string of the molecule is O=C(CNC(=O)c1ccc(Cl)c(Cl)c1)N/N=C/c1cccs1. The van der Waals surface area contributed by atoms with Gasteiger partial charge in [0.15, 0.2) is 0 Å². The van der Waals surface area contributed by atoms with Crippen LogP contribution >= 0.6 is 34.5 Å². The van der Waals surface area contributed by atoms with Crippen LogP contribution in [0.1, 0.15) is 15.2 Å². The highest BCUT2D eigenvalue weighted by molar-refractivity contribution is 7.11. The molecule has 0 saturated carbocycles. The molecule has 1 aromatic carbocycles. The van der Waals surface area contributed by atoms with Gasteiger partial charge < -0.3 is 5.32 Å². The minimum Gasteiger partial charge on any atom is -0.343 e. The number of carbonyl (C=O) groups is 2. The van der Waals surface area contributed by atoms with Gasteiger partial charge in [0.05, 0.1) is 22.8 Å². The third-order valence-corrected chi connectivity index (χ3v) is 4.06. The van der Waals surface area contributed by atoms with Crippen molar-refractivity contribution in [1.29, 1.82) is 0 Å². The van der Waals surface area contributed by atoms with Gasteiger partial charge in [0, 0.05) is 10.4 Å². The molecule has 1 heterocycles. The second-order valence-corrected chi connectivity index (χ2v) is 5.91. The Morgan fingerprint density at radius 3 is 2.73 bits per heavy atom. The lowest BCUT2D eigenvalue weighted by molar-refractivity contribution is -0.120. The summed E-state index contributed by atoms with van der Waals surface area (Å²) in [5.74, 6) is -0.850. The van der Waals surface area contributed by atoms with Crippen molar-refractivity contribution < 1.29 is 9.59 Å². The van der Waals surface area contributed by atoms with E-state index >= 15 is 0 Å². The number of benzene rings is 1. The summed E-state index contributed by atoms with van der Waals surface area (Å²) in [4.78, 5) is 24.3. The molecule has 0 fully saturated rings. The van der Waals surface area contributed by atoms with Crippen molar-refractivity contribution in [3.05, 3.63) is 56.2 Å². The summed E-state index contributed by atoms with van der Waals surface area (Å²) < 4.78 is 0. The highest BCUT2D eigenvalue weighted by Crippen LogP contribution is 2.22. The van der Waals surface area contributed by atoms with E-state index in [-0.39, 0.29) is 11.6 Å². The number of carbonyl (C=O) groups excluding carboxylic acids is 2. The van der Waals surface area contributed by atoms with Crippen molar-refractivity contribution in [3.8, 4) is 0 Å². The first-order valence-corrected chi connectivity index (χ1v) is 7.78. The number of hydrogen-bond donors (Lipinski definition) is 2. The lowest BCUT2D eigenvalue weighted by atomic mass is 10.2. The third kappa shape index (κ3) is 4.84. The normalized spacial score (nSPS) is 10.6. The molecule has 22 heavy (non-hydrogen) atoms. The zero-order chi connectivity index (χ0) is 15.9. The molecule has 2 rings (SSSR count). The Morgan fingerprint density at radius 2 is 2.05 bits per heavy atom. The van der Waals surface area contributed by atoms with Crippen LogP contribution in [-0.2, 0) is 4.79 Å². The molecule has 0 aliphatic carbocycles. The summed E-state index contributed by atoms with van der Waals surface area (Å²) in [5.41, 5.74) is 2.65. The van der Waals surface area contributed by atoms with Crippen molar-refractivity contribution in [2.75, 3.05) is 6.54 Å². The van der Waals surface area contributed by atoms with E-state index in [1.807, 2.05) is 17.5 Å². The van der Waals surface area contributed by atoms with Crippen molar-refractivity contribution >= 4 is 52.6 Å². The molecule has 114 valence electrons. The van der Waals surface area contributed by atoms with Gasteiger partial charge in [-0.25, -0.2) is 5.43 Å². The van der Waals surface area contributed by atoms with Gasteiger partial charge in [-0.3, -0.25) is 9.59 Å². The lowest BCUT2D eigenvalue weighted by Gasteiger charge is -2.05. The number of thiophene rings is 1. The Morgan fingerprint density at radius 1 is 1.23 bits per heavy atom. The van der Waals surface area contributed by atoms with Gasteiger partial charge in [0.1, 0.15) is 0 Å². The van der Waals surface area contributed by atoms with E-state index in [0.29, 0.717) is 10.6 Å². The second kappa shape index (κ2) is 7.93. The number of rotatable bonds is 5. The zero-order valence-electron chi connectivity index (χ0n) is 11.2. The molecule has 0 aliphatic rings. The smallest absolute Gasteiger partial charge is 0.259 e. The minimum atomic E-state index is -0.429. The number of nitrogens with zero attached hydrogens (tertiary/aromatic N) is 1. The number of halogens is 2. The predicted molar refractivity (Wildman–Crippen MR) is 88.9 cm³/mol. The molecule has 2 aromatic rings. The fourth-order valence-electron chi connectivity index (χ4n) is 1.47. The Kier molecular flexibility index (Phi) is 5.94. The Hall–Kier alpha value is -1.89. The van der Waals surface area contributed by atoms with Crippen LogP contribution in [0.4, 0.5) is 0 Å². The summed E-state index contributed by atoms with van der Waals surface area (Å²) in [6.07, 6.45) is 1.53. The summed E-state index contributed by atoms with van der Waals surface area (Å²) in [5, 5.41) is 8.79. The largest absolute Gasteiger partial charge is 0.343 e. The quantitative estimate of drug-likeness (QED) is 0.639. The molecule has 0 bridgehead atoms. The van der Waals surface area contributed by atoms with Crippen LogP contribution in [0.2, 0.25) is 10.0 Å². The van der Waals surface area contributed by atoms with E-state index in [2.05, 4.69) is 15.8 Å². The number of hydrazone groups is 1. The maximum absolute atomic E-state index is 11.8. The highest BCUT2D eigenvalue weighted by atomic mass is 35.5. The van der Waals surface area contributed by atoms with Crippen molar-refractivity contribution in [1.82, 2.24) is 10.7 Å². The first kappa shape index (κ1) is 16.5. The zero-order valence-corrected chi connectivity index (χ0v) is 13.5. The summed E-state index contributed by atoms with van der Waals surface area (Å²) >= 11 is 13.1. The Balaban J connectivity index is 1.80. The molecule has 1 aromatic heterocycles. The van der Waals surface area contributed by atoms with Gasteiger partial charge in [0.25, 0.3) is 11.8 Å². The summed E-state index contributed by atoms with van der Waals surface area (Å²) in [6.45, 7) is -0.194. The topological polar surface area (TPSA) is 70.6 Å². The van der Waals surface area contributed by atoms with Gasteiger partial charge in [-0.05, 0) is 29.6 Å². The maximum atomic E-state index is 11.8. The van der Waals surface area contributed by atoms with Crippen molar-refractivity contribution in [3.63, 3.8) is 0 Å². The molecule has 0 aliphatic heterocycles. The van der Waals surface area contributed by atoms with Crippen molar-refractivity contribution in [2.45, 2.75) is 0 Å². The third-order valence-electron chi connectivity index (χ3n) is 2.52. The lowest BCUT2D eigenvalue weighted by Crippen LogP contribution is -2.34. The fraction of sp³-hybridized carbons (Fsp3) is 0.0714. The van der Waals surface area contributed by atoms with E-state index < -0.39 is 11.8 Å². The van der Waals surface area contributed by atoms with Gasteiger partial charge in [-0.2, -0.15) is 5.10 Å². The molecule has 8 heteroatoms. The van der Waals surface area contributed by atoms with Gasteiger partial charge in [-0.1, -0.05) is 29.3 Å². The predicted octanol–water partition coefficient (Wildman–Crippen LogP) is 2.94. The van der Waals surface area contributed by atoms with Crippen LogP contribution in [0.5, 0.6) is 0 Å². The molecule has 0 spiro atoms. The van der Waals surface area contributed by atoms with Crippen LogP contribution in [-0.4, -0.2) is 24.6 Å². The van der Waals surface area contributed by atoms with E-state index in [1.54, 1.807) is 0 Å². The van der Waals surface area contributed by atoms with Crippen LogP contribution in [0, 0.1) is 0 Å². The molecular formula is C14H11Cl2N3O2S. The molecule has 0 unspecified atom stereocenters.